The Kier molecular flexibility index (Phi) is 7.78. The predicted molar refractivity (Wildman–Crippen MR) is 161 cm³/mol. The molecule has 4 heterocycles. The van der Waals surface area contributed by atoms with Crippen molar-refractivity contribution in [3.8, 4) is 6.07 Å². The summed E-state index contributed by atoms with van der Waals surface area (Å²) in [6.07, 6.45) is -3.37. The average Bonchev–Trinajstić information content (AvgIpc) is 3.62. The third kappa shape index (κ3) is 5.50. The fourth-order valence-electron chi connectivity index (χ4n) is 6.76. The van der Waals surface area contributed by atoms with Gasteiger partial charge in [0.15, 0.2) is 5.82 Å². The van der Waals surface area contributed by atoms with Gasteiger partial charge in [-0.2, -0.15) is 23.5 Å². The first-order chi connectivity index (χ1) is 21.5. The number of fused-ring (bicyclic) bond motifs is 1. The van der Waals surface area contributed by atoms with Gasteiger partial charge in [-0.1, -0.05) is 42.5 Å². The fourth-order valence-corrected chi connectivity index (χ4v) is 6.76. The highest BCUT2D eigenvalue weighted by atomic mass is 19.4. The monoisotopic (exact) mass is 619 g/mol. The van der Waals surface area contributed by atoms with E-state index in [-0.39, 0.29) is 49.2 Å². The number of anilines is 2. The molecule has 6 rings (SSSR count). The number of piperidine rings is 1. The van der Waals surface area contributed by atoms with Crippen LogP contribution >= 0.6 is 0 Å². The van der Waals surface area contributed by atoms with Gasteiger partial charge < -0.3 is 20.3 Å². The second kappa shape index (κ2) is 11.6. The number of nitriles is 1. The third-order valence-corrected chi connectivity index (χ3v) is 9.27. The Morgan fingerprint density at radius 1 is 1.04 bits per heavy atom. The summed E-state index contributed by atoms with van der Waals surface area (Å²) in [4.78, 5) is 30.3. The van der Waals surface area contributed by atoms with Gasteiger partial charge in [0.2, 0.25) is 0 Å². The molecule has 2 aliphatic heterocycles. The zero-order valence-electron chi connectivity index (χ0n) is 24.3. The van der Waals surface area contributed by atoms with Crippen LogP contribution in [-0.4, -0.2) is 68.1 Å². The molecule has 0 bridgehead atoms. The summed E-state index contributed by atoms with van der Waals surface area (Å²) in [5, 5.41) is 27.2. The van der Waals surface area contributed by atoms with Crippen molar-refractivity contribution in [3.63, 3.8) is 0 Å². The van der Waals surface area contributed by atoms with Crippen LogP contribution in [0.25, 0.3) is 10.9 Å². The van der Waals surface area contributed by atoms with Crippen LogP contribution in [0.2, 0.25) is 0 Å². The van der Waals surface area contributed by atoms with E-state index in [0.29, 0.717) is 37.1 Å². The van der Waals surface area contributed by atoms with Crippen LogP contribution in [0.15, 0.2) is 71.7 Å². The van der Waals surface area contributed by atoms with Crippen molar-refractivity contribution >= 4 is 28.5 Å². The van der Waals surface area contributed by atoms with E-state index >= 15 is 0 Å². The second-order valence-corrected chi connectivity index (χ2v) is 11.9. The smallest absolute Gasteiger partial charge is 0.407 e. The van der Waals surface area contributed by atoms with E-state index < -0.39 is 28.8 Å². The lowest BCUT2D eigenvalue weighted by Gasteiger charge is -2.40. The minimum atomic E-state index is -4.46. The van der Waals surface area contributed by atoms with Crippen molar-refractivity contribution < 1.29 is 23.1 Å². The molecule has 13 heteroatoms. The number of rotatable bonds is 7. The Bertz CT molecular complexity index is 1790. The number of hydrogen-bond donors (Lipinski definition) is 3. The van der Waals surface area contributed by atoms with Crippen molar-refractivity contribution in [1.82, 2.24) is 24.6 Å². The number of aromatic amines is 1. The first-order valence-corrected chi connectivity index (χ1v) is 14.7. The largest absolute Gasteiger partial charge is 0.465 e. The topological polar surface area (TPSA) is 130 Å². The van der Waals surface area contributed by atoms with Gasteiger partial charge in [0, 0.05) is 38.1 Å². The molecule has 45 heavy (non-hydrogen) atoms. The summed E-state index contributed by atoms with van der Waals surface area (Å²) in [5.41, 5.74) is -1.24. The van der Waals surface area contributed by atoms with Gasteiger partial charge in [-0.15, -0.1) is 0 Å². The van der Waals surface area contributed by atoms with Crippen LogP contribution in [0.1, 0.15) is 36.8 Å². The normalized spacial score (nSPS) is 20.3. The Morgan fingerprint density at radius 2 is 1.76 bits per heavy atom. The van der Waals surface area contributed by atoms with E-state index in [1.807, 2.05) is 35.2 Å². The summed E-state index contributed by atoms with van der Waals surface area (Å²) in [5.74, 6) is 0.193. The van der Waals surface area contributed by atoms with Gasteiger partial charge >= 0.3 is 12.3 Å². The highest BCUT2D eigenvalue weighted by Gasteiger charge is 2.58. The van der Waals surface area contributed by atoms with E-state index in [0.717, 1.165) is 5.56 Å². The number of nitrogens with one attached hydrogen (secondary N) is 2. The predicted octanol–water partition coefficient (Wildman–Crippen LogP) is 5.56. The molecule has 10 nitrogen and oxygen atoms in total. The number of aromatic nitrogens is 3. The van der Waals surface area contributed by atoms with Crippen LogP contribution < -0.4 is 10.9 Å². The van der Waals surface area contributed by atoms with E-state index in [1.54, 1.807) is 22.9 Å². The average molecular weight is 620 g/mol. The summed E-state index contributed by atoms with van der Waals surface area (Å²) in [6, 6.07) is 19.4. The van der Waals surface area contributed by atoms with Crippen molar-refractivity contribution in [2.45, 2.75) is 49.4 Å². The zero-order chi connectivity index (χ0) is 31.8. The molecule has 0 spiro atoms. The molecule has 1 amide bonds. The maximum Gasteiger partial charge on any atom is 0.407 e. The van der Waals surface area contributed by atoms with E-state index in [1.165, 1.54) is 23.2 Å². The van der Waals surface area contributed by atoms with E-state index in [4.69, 9.17) is 5.10 Å². The molecular formula is C32H32F3N7O3. The molecule has 1 unspecified atom stereocenters. The van der Waals surface area contributed by atoms with Crippen molar-refractivity contribution in [2.75, 3.05) is 31.5 Å². The maximum atomic E-state index is 14.7. The first kappa shape index (κ1) is 30.2. The van der Waals surface area contributed by atoms with Crippen molar-refractivity contribution in [3.05, 3.63) is 88.3 Å². The number of nitrogens with zero attached hydrogens (tertiary/aromatic N) is 5. The Balaban J connectivity index is 1.29. The highest BCUT2D eigenvalue weighted by Crippen LogP contribution is 2.48. The van der Waals surface area contributed by atoms with Gasteiger partial charge in [0.1, 0.15) is 10.8 Å². The molecule has 0 aliphatic carbocycles. The molecule has 2 aromatic carbocycles. The molecular weight excluding hydrogens is 587 g/mol. The van der Waals surface area contributed by atoms with E-state index in [9.17, 15) is 33.1 Å². The van der Waals surface area contributed by atoms with Crippen molar-refractivity contribution in [2.24, 2.45) is 0 Å². The van der Waals surface area contributed by atoms with Gasteiger partial charge in [0.25, 0.3) is 5.56 Å². The Hall–Kier alpha value is -4.83. The van der Waals surface area contributed by atoms with Crippen molar-refractivity contribution in [1.29, 1.82) is 5.26 Å². The number of alkyl halides is 3. The Labute approximate surface area is 256 Å². The van der Waals surface area contributed by atoms with Gasteiger partial charge in [-0.25, -0.2) is 4.79 Å². The molecule has 2 saturated heterocycles. The minimum Gasteiger partial charge on any atom is -0.465 e. The Morgan fingerprint density at radius 3 is 2.40 bits per heavy atom. The molecule has 234 valence electrons. The summed E-state index contributed by atoms with van der Waals surface area (Å²) >= 11 is 0. The quantitative estimate of drug-likeness (QED) is 0.247. The SMILES string of the molecule is N#CCC1(n2nc(Nc3ccc(C4(C(F)(F)F)CCN(Cc5ccccc5)C4)cc3)c3c(=O)[nH]ccc32)CCN(C(=O)O)CC1. The minimum absolute atomic E-state index is 0.0546. The number of carboxylic acid groups (broad SMARTS) is 1. The van der Waals surface area contributed by atoms with Gasteiger partial charge in [0.05, 0.1) is 23.5 Å². The molecule has 2 fully saturated rings. The zero-order valence-corrected chi connectivity index (χ0v) is 24.3. The molecule has 0 radical (unpaired) electrons. The summed E-state index contributed by atoms with van der Waals surface area (Å²) in [6.45, 7) is 1.01. The number of H-pyrrole nitrogens is 1. The maximum absolute atomic E-state index is 14.7. The van der Waals surface area contributed by atoms with Crippen LogP contribution in [0.4, 0.5) is 29.5 Å². The van der Waals surface area contributed by atoms with Crippen LogP contribution in [0, 0.1) is 11.3 Å². The lowest BCUT2D eigenvalue weighted by atomic mass is 9.79. The fraction of sp³-hybridized carbons (Fsp3) is 0.375. The number of hydrogen-bond acceptors (Lipinski definition) is 6. The van der Waals surface area contributed by atoms with Crippen LogP contribution in [-0.2, 0) is 17.5 Å². The molecule has 2 aliphatic rings. The van der Waals surface area contributed by atoms with Crippen LogP contribution in [0.3, 0.4) is 0 Å². The number of benzene rings is 2. The molecule has 4 aromatic rings. The number of pyridine rings is 1. The first-order valence-electron chi connectivity index (χ1n) is 14.7. The highest BCUT2D eigenvalue weighted by molar-refractivity contribution is 5.91. The number of carbonyl (C=O) groups is 1. The van der Waals surface area contributed by atoms with Crippen LogP contribution in [0.5, 0.6) is 0 Å². The summed E-state index contributed by atoms with van der Waals surface area (Å²) in [7, 11) is 0. The number of amides is 1. The standard InChI is InChI=1S/C32H32F3N7O3/c33-32(34,35)31(14-17-40(21-31)20-22-4-2-1-3-5-22)23-6-8-24(9-7-23)38-27-26-25(10-16-37-28(26)43)42(39-27)30(11-15-36)12-18-41(19-13-30)29(44)45/h1-10,16H,11-14,17-21H2,(H,37,43)(H,38,39)(H,44,45). The molecule has 0 saturated carbocycles. The van der Waals surface area contributed by atoms with Gasteiger partial charge in [-0.3, -0.25) is 14.4 Å². The molecule has 3 N–H and O–H groups in total. The second-order valence-electron chi connectivity index (χ2n) is 11.9. The summed E-state index contributed by atoms with van der Waals surface area (Å²) < 4.78 is 45.7. The number of likely N-dealkylation sites (tertiary alicyclic amines) is 2. The lowest BCUT2D eigenvalue weighted by molar-refractivity contribution is -0.187. The number of halogens is 3. The molecule has 1 atom stereocenters. The van der Waals surface area contributed by atoms with E-state index in [2.05, 4.69) is 16.4 Å². The third-order valence-electron chi connectivity index (χ3n) is 9.27. The van der Waals surface area contributed by atoms with Gasteiger partial charge in [-0.05, 0) is 55.1 Å². The molecule has 2 aromatic heterocycles. The lowest BCUT2D eigenvalue weighted by Crippen LogP contribution is -2.48.